The molecule has 5 saturated carbocycles. The highest BCUT2D eigenvalue weighted by Gasteiger charge is 2.66. The summed E-state index contributed by atoms with van der Waals surface area (Å²) in [5, 5.41) is 10.4. The molecule has 5 heteroatoms. The third-order valence-electron chi connectivity index (χ3n) is 11.5. The van der Waals surface area contributed by atoms with Crippen LogP contribution in [0.3, 0.4) is 0 Å². The molecule has 5 rings (SSSR count). The lowest BCUT2D eigenvalue weighted by Gasteiger charge is -2.62. The SMILES string of the molecule is CO[C@@H]1C[C@@H]2C[C@H](O)CC[C@]2(C)[C@H]2CC(=O)[C@]3(C)[C@@H]([C@H](C)CCC(=O)OCC4CC4)CC[C@H]3[C@H]12. The van der Waals surface area contributed by atoms with Gasteiger partial charge in [0.15, 0.2) is 0 Å². The zero-order valence-electron chi connectivity index (χ0n) is 21.8. The topological polar surface area (TPSA) is 72.8 Å². The third-order valence-corrected chi connectivity index (χ3v) is 11.5. The Labute approximate surface area is 205 Å². The van der Waals surface area contributed by atoms with Crippen LogP contribution >= 0.6 is 0 Å². The van der Waals surface area contributed by atoms with Crippen molar-refractivity contribution in [1.82, 2.24) is 0 Å². The third kappa shape index (κ3) is 4.07. The quantitative estimate of drug-likeness (QED) is 0.515. The van der Waals surface area contributed by atoms with Gasteiger partial charge in [-0.25, -0.2) is 0 Å². The maximum Gasteiger partial charge on any atom is 0.305 e. The van der Waals surface area contributed by atoms with Crippen LogP contribution in [0.1, 0.15) is 91.4 Å². The first-order valence-corrected chi connectivity index (χ1v) is 14.1. The summed E-state index contributed by atoms with van der Waals surface area (Å²) in [6.45, 7) is 7.50. The van der Waals surface area contributed by atoms with Crippen molar-refractivity contribution in [3.05, 3.63) is 0 Å². The van der Waals surface area contributed by atoms with Gasteiger partial charge in [0, 0.05) is 25.4 Å². The Hall–Kier alpha value is -0.940. The lowest BCUT2D eigenvalue weighted by Crippen LogP contribution is -2.61. The molecular weight excluding hydrogens is 428 g/mol. The van der Waals surface area contributed by atoms with Crippen molar-refractivity contribution in [2.45, 2.75) is 104 Å². The molecule has 0 heterocycles. The van der Waals surface area contributed by atoms with Gasteiger partial charge in [-0.3, -0.25) is 9.59 Å². The number of ketones is 1. The van der Waals surface area contributed by atoms with E-state index >= 15 is 0 Å². The van der Waals surface area contributed by atoms with Gasteiger partial charge in [-0.1, -0.05) is 20.8 Å². The Morgan fingerprint density at radius 2 is 1.88 bits per heavy atom. The van der Waals surface area contributed by atoms with Crippen molar-refractivity contribution in [2.24, 2.45) is 52.3 Å². The number of aliphatic hydroxyl groups excluding tert-OH is 1. The van der Waals surface area contributed by atoms with Crippen molar-refractivity contribution < 1.29 is 24.2 Å². The average molecular weight is 475 g/mol. The molecule has 0 spiro atoms. The fourth-order valence-electron chi connectivity index (χ4n) is 9.20. The van der Waals surface area contributed by atoms with Crippen molar-refractivity contribution in [3.63, 3.8) is 0 Å². The molecule has 0 amide bonds. The summed E-state index contributed by atoms with van der Waals surface area (Å²) >= 11 is 0. The minimum atomic E-state index is -0.313. The molecule has 0 saturated heterocycles. The second-order valence-corrected chi connectivity index (χ2v) is 13.2. The number of carbonyl (C=O) groups excluding carboxylic acids is 2. The van der Waals surface area contributed by atoms with Gasteiger partial charge in [-0.05, 0) is 105 Å². The first-order chi connectivity index (χ1) is 16.2. The molecule has 5 fully saturated rings. The molecule has 34 heavy (non-hydrogen) atoms. The Morgan fingerprint density at radius 3 is 2.59 bits per heavy atom. The lowest BCUT2D eigenvalue weighted by molar-refractivity contribution is -0.186. The molecular formula is C29H46O5. The fourth-order valence-corrected chi connectivity index (χ4v) is 9.20. The van der Waals surface area contributed by atoms with Gasteiger partial charge < -0.3 is 14.6 Å². The number of hydrogen-bond donors (Lipinski definition) is 1. The van der Waals surface area contributed by atoms with E-state index in [1.54, 1.807) is 0 Å². The molecule has 5 aliphatic rings. The van der Waals surface area contributed by atoms with Crippen molar-refractivity contribution >= 4 is 11.8 Å². The molecule has 0 bridgehead atoms. The number of rotatable bonds is 7. The molecule has 5 aliphatic carbocycles. The minimum Gasteiger partial charge on any atom is -0.465 e. The van der Waals surface area contributed by atoms with Crippen LogP contribution in [0.25, 0.3) is 0 Å². The summed E-state index contributed by atoms with van der Waals surface area (Å²) in [6, 6.07) is 0. The summed E-state index contributed by atoms with van der Waals surface area (Å²) in [7, 11) is 1.85. The second kappa shape index (κ2) is 9.18. The van der Waals surface area contributed by atoms with Crippen molar-refractivity contribution in [1.29, 1.82) is 0 Å². The molecule has 0 aliphatic heterocycles. The van der Waals surface area contributed by atoms with E-state index in [9.17, 15) is 14.7 Å². The van der Waals surface area contributed by atoms with Gasteiger partial charge in [-0.15, -0.1) is 0 Å². The first kappa shape index (κ1) is 24.7. The summed E-state index contributed by atoms with van der Waals surface area (Å²) in [4.78, 5) is 26.2. The minimum absolute atomic E-state index is 0.0707. The van der Waals surface area contributed by atoms with Crippen LogP contribution in [0.15, 0.2) is 0 Å². The summed E-state index contributed by atoms with van der Waals surface area (Å²) < 4.78 is 11.6. The Balaban J connectivity index is 1.32. The van der Waals surface area contributed by atoms with Gasteiger partial charge in [0.1, 0.15) is 5.78 Å². The smallest absolute Gasteiger partial charge is 0.305 e. The molecule has 0 aromatic carbocycles. The molecule has 0 radical (unpaired) electrons. The second-order valence-electron chi connectivity index (χ2n) is 13.2. The Kier molecular flexibility index (Phi) is 6.68. The van der Waals surface area contributed by atoms with Crippen molar-refractivity contribution in [3.8, 4) is 0 Å². The van der Waals surface area contributed by atoms with Gasteiger partial charge in [0.05, 0.1) is 18.8 Å². The van der Waals surface area contributed by atoms with Crippen LogP contribution in [-0.4, -0.2) is 42.8 Å². The highest BCUT2D eigenvalue weighted by Crippen LogP contribution is 2.67. The maximum atomic E-state index is 14.0. The number of aliphatic hydroxyl groups is 1. The standard InChI is InChI=1S/C29H46O5/c1-17(5-10-26(32)34-16-18-6-7-18)21-8-9-22-27-23(15-25(31)29(21,22)3)28(2)12-11-20(30)13-19(28)14-24(27)33-4/h17-24,27,30H,5-16H2,1-4H3/t17-,19+,20-,21-,22+,23+,24-,27+,28+,29-/m1/s1. The van der Waals surface area contributed by atoms with E-state index in [1.807, 2.05) is 7.11 Å². The summed E-state index contributed by atoms with van der Waals surface area (Å²) in [5.41, 5.74) is -0.183. The van der Waals surface area contributed by atoms with Crippen LogP contribution < -0.4 is 0 Å². The van der Waals surface area contributed by atoms with E-state index in [0.29, 0.717) is 66.7 Å². The molecule has 5 nitrogen and oxygen atoms in total. The zero-order chi connectivity index (χ0) is 24.3. The van der Waals surface area contributed by atoms with Gasteiger partial charge in [-0.2, -0.15) is 0 Å². The van der Waals surface area contributed by atoms with Crippen molar-refractivity contribution in [2.75, 3.05) is 13.7 Å². The van der Waals surface area contributed by atoms with E-state index in [-0.39, 0.29) is 29.0 Å². The van der Waals surface area contributed by atoms with Crippen LogP contribution in [-0.2, 0) is 19.1 Å². The van der Waals surface area contributed by atoms with Gasteiger partial charge in [0.2, 0.25) is 0 Å². The van der Waals surface area contributed by atoms with Crippen LogP contribution in [0.2, 0.25) is 0 Å². The molecule has 0 aromatic heterocycles. The number of carbonyl (C=O) groups is 2. The number of hydrogen-bond acceptors (Lipinski definition) is 5. The zero-order valence-corrected chi connectivity index (χ0v) is 21.8. The van der Waals surface area contributed by atoms with E-state index in [1.165, 1.54) is 12.8 Å². The fraction of sp³-hybridized carbons (Fsp3) is 0.931. The molecule has 10 atom stereocenters. The predicted octanol–water partition coefficient (Wildman–Crippen LogP) is 5.18. The Morgan fingerprint density at radius 1 is 1.12 bits per heavy atom. The van der Waals surface area contributed by atoms with Crippen LogP contribution in [0.5, 0.6) is 0 Å². The number of ether oxygens (including phenoxy) is 2. The molecule has 0 aromatic rings. The van der Waals surface area contributed by atoms with Gasteiger partial charge in [0.25, 0.3) is 0 Å². The highest BCUT2D eigenvalue weighted by molar-refractivity contribution is 5.87. The number of methoxy groups -OCH3 is 1. The number of esters is 1. The monoisotopic (exact) mass is 474 g/mol. The highest BCUT2D eigenvalue weighted by atomic mass is 16.5. The molecule has 1 N–H and O–H groups in total. The molecule has 0 unspecified atom stereocenters. The van der Waals surface area contributed by atoms with E-state index < -0.39 is 0 Å². The van der Waals surface area contributed by atoms with Crippen LogP contribution in [0, 0.1) is 52.3 Å². The van der Waals surface area contributed by atoms with E-state index in [0.717, 1.165) is 44.9 Å². The lowest BCUT2D eigenvalue weighted by atomic mass is 9.43. The van der Waals surface area contributed by atoms with Gasteiger partial charge >= 0.3 is 5.97 Å². The molecule has 192 valence electrons. The number of fused-ring (bicyclic) bond motifs is 5. The summed E-state index contributed by atoms with van der Waals surface area (Å²) in [6.07, 6.45) is 10.2. The normalized spacial score (nSPS) is 46.9. The maximum absolute atomic E-state index is 14.0. The Bertz CT molecular complexity index is 791. The number of Topliss-reactive ketones (excluding diaryl/α,β-unsaturated/α-hetero) is 1. The predicted molar refractivity (Wildman–Crippen MR) is 130 cm³/mol. The largest absolute Gasteiger partial charge is 0.465 e. The average Bonchev–Trinajstić information content (AvgIpc) is 3.57. The summed E-state index contributed by atoms with van der Waals surface area (Å²) in [5.74, 6) is 3.23. The van der Waals surface area contributed by atoms with E-state index in [2.05, 4.69) is 20.8 Å². The van der Waals surface area contributed by atoms with Crippen LogP contribution in [0.4, 0.5) is 0 Å². The van der Waals surface area contributed by atoms with E-state index in [4.69, 9.17) is 9.47 Å². The first-order valence-electron chi connectivity index (χ1n) is 14.1.